The van der Waals surface area contributed by atoms with Crippen LogP contribution in [0, 0.1) is 12.8 Å². The molecule has 0 amide bonds. The predicted octanol–water partition coefficient (Wildman–Crippen LogP) is 2.41. The summed E-state index contributed by atoms with van der Waals surface area (Å²) in [6.07, 6.45) is 0.863. The van der Waals surface area contributed by atoms with Gasteiger partial charge in [0.2, 0.25) is 5.95 Å². The lowest BCUT2D eigenvalue weighted by atomic mass is 10.1. The molecule has 0 bridgehead atoms. The first-order chi connectivity index (χ1) is 13.8. The molecule has 29 heavy (non-hydrogen) atoms. The molecule has 0 saturated carbocycles. The Labute approximate surface area is 169 Å². The third-order valence-corrected chi connectivity index (χ3v) is 5.39. The quantitative estimate of drug-likeness (QED) is 0.676. The van der Waals surface area contributed by atoms with Gasteiger partial charge in [-0.2, -0.15) is 4.98 Å². The van der Waals surface area contributed by atoms with E-state index in [4.69, 9.17) is 9.72 Å². The number of hydrogen-bond donors (Lipinski definition) is 0. The number of nitrogens with zero attached hydrogens (tertiary/aromatic N) is 5. The Kier molecular flexibility index (Phi) is 4.72. The number of hydrogen-bond acceptors (Lipinski definition) is 5. The van der Waals surface area contributed by atoms with Crippen LogP contribution in [0.25, 0.3) is 11.2 Å². The van der Waals surface area contributed by atoms with E-state index in [9.17, 15) is 9.59 Å². The van der Waals surface area contributed by atoms with Gasteiger partial charge < -0.3 is 14.2 Å². The number of aromatic nitrogens is 4. The Balaban J connectivity index is 1.99. The maximum Gasteiger partial charge on any atom is 0.332 e. The van der Waals surface area contributed by atoms with Crippen LogP contribution in [-0.2, 0) is 20.1 Å². The molecular weight excluding hydrogens is 370 g/mol. The van der Waals surface area contributed by atoms with E-state index < -0.39 is 0 Å². The van der Waals surface area contributed by atoms with Crippen molar-refractivity contribution in [3.05, 3.63) is 44.6 Å². The van der Waals surface area contributed by atoms with Crippen LogP contribution in [0.4, 0.5) is 11.6 Å². The van der Waals surface area contributed by atoms with Crippen molar-refractivity contribution in [3.63, 3.8) is 0 Å². The molecule has 0 saturated heterocycles. The monoisotopic (exact) mass is 397 g/mol. The molecule has 1 aliphatic rings. The molecule has 2 aromatic heterocycles. The molecule has 4 rings (SSSR count). The van der Waals surface area contributed by atoms with Crippen LogP contribution >= 0.6 is 0 Å². The molecule has 154 valence electrons. The van der Waals surface area contributed by atoms with Crippen molar-refractivity contribution >= 4 is 22.8 Å². The van der Waals surface area contributed by atoms with E-state index in [2.05, 4.69) is 11.0 Å². The highest BCUT2D eigenvalue weighted by atomic mass is 16.5. The number of ether oxygens (including phenoxy) is 1. The largest absolute Gasteiger partial charge is 0.495 e. The van der Waals surface area contributed by atoms with Crippen LogP contribution in [0.5, 0.6) is 5.75 Å². The molecule has 8 nitrogen and oxygen atoms in total. The number of rotatable bonds is 4. The number of benzene rings is 1. The zero-order valence-corrected chi connectivity index (χ0v) is 17.6. The van der Waals surface area contributed by atoms with Gasteiger partial charge in [-0.1, -0.05) is 19.9 Å². The first-order valence-electron chi connectivity index (χ1n) is 9.95. The van der Waals surface area contributed by atoms with E-state index in [1.165, 1.54) is 9.13 Å². The predicted molar refractivity (Wildman–Crippen MR) is 113 cm³/mol. The molecule has 0 atom stereocenters. The summed E-state index contributed by atoms with van der Waals surface area (Å²) < 4.78 is 10.3. The highest BCUT2D eigenvalue weighted by Crippen LogP contribution is 2.37. The first-order valence-corrected chi connectivity index (χ1v) is 9.95. The fraction of sp³-hybridized carbons (Fsp3) is 0.476. The summed E-state index contributed by atoms with van der Waals surface area (Å²) in [5.41, 5.74) is 2.34. The van der Waals surface area contributed by atoms with Gasteiger partial charge in [0.05, 0.1) is 12.8 Å². The van der Waals surface area contributed by atoms with Crippen LogP contribution in [-0.4, -0.2) is 32.3 Å². The summed E-state index contributed by atoms with van der Waals surface area (Å²) in [6.45, 7) is 7.85. The van der Waals surface area contributed by atoms with Gasteiger partial charge in [-0.15, -0.1) is 0 Å². The Morgan fingerprint density at radius 2 is 1.97 bits per heavy atom. The molecule has 0 radical (unpaired) electrons. The zero-order chi connectivity index (χ0) is 20.9. The second kappa shape index (κ2) is 7.09. The minimum Gasteiger partial charge on any atom is -0.495 e. The minimum absolute atomic E-state index is 0.189. The lowest BCUT2D eigenvalue weighted by Crippen LogP contribution is -2.40. The smallest absolute Gasteiger partial charge is 0.332 e. The molecule has 1 aliphatic heterocycles. The van der Waals surface area contributed by atoms with Crippen molar-refractivity contribution in [2.75, 3.05) is 18.6 Å². The number of aryl methyl sites for hydroxylation is 3. The molecule has 0 unspecified atom stereocenters. The van der Waals surface area contributed by atoms with E-state index in [0.29, 0.717) is 30.2 Å². The highest BCUT2D eigenvalue weighted by Gasteiger charge is 2.28. The fourth-order valence-electron chi connectivity index (χ4n) is 4.03. The van der Waals surface area contributed by atoms with Gasteiger partial charge in [0.25, 0.3) is 5.56 Å². The van der Waals surface area contributed by atoms with Gasteiger partial charge in [0, 0.05) is 26.7 Å². The van der Waals surface area contributed by atoms with Crippen LogP contribution in [0.2, 0.25) is 0 Å². The summed E-state index contributed by atoms with van der Waals surface area (Å²) in [6, 6.07) is 6.01. The maximum atomic E-state index is 13.2. The maximum absolute atomic E-state index is 13.2. The van der Waals surface area contributed by atoms with Crippen LogP contribution in [0.1, 0.15) is 25.8 Å². The minimum atomic E-state index is -0.327. The molecule has 1 aromatic carbocycles. The third kappa shape index (κ3) is 3.03. The van der Waals surface area contributed by atoms with E-state index in [1.807, 2.05) is 37.5 Å². The fourth-order valence-corrected chi connectivity index (χ4v) is 4.03. The van der Waals surface area contributed by atoms with Gasteiger partial charge in [-0.3, -0.25) is 13.9 Å². The van der Waals surface area contributed by atoms with Crippen molar-refractivity contribution in [2.24, 2.45) is 13.0 Å². The van der Waals surface area contributed by atoms with E-state index in [1.54, 1.807) is 14.2 Å². The number of methoxy groups -OCH3 is 1. The van der Waals surface area contributed by atoms with E-state index in [-0.39, 0.29) is 17.2 Å². The van der Waals surface area contributed by atoms with Crippen LogP contribution in [0.3, 0.4) is 0 Å². The van der Waals surface area contributed by atoms with Crippen molar-refractivity contribution < 1.29 is 4.74 Å². The molecule has 3 heterocycles. The molecule has 0 fully saturated rings. The average molecular weight is 397 g/mol. The Morgan fingerprint density at radius 3 is 2.66 bits per heavy atom. The second-order valence-corrected chi connectivity index (χ2v) is 8.07. The molecule has 0 aliphatic carbocycles. The summed E-state index contributed by atoms with van der Waals surface area (Å²) in [5.74, 6) is 1.61. The Hall–Kier alpha value is -3.03. The Bertz CT molecular complexity index is 1200. The molecule has 3 aromatic rings. The third-order valence-electron chi connectivity index (χ3n) is 5.39. The molecule has 8 heteroatoms. The summed E-state index contributed by atoms with van der Waals surface area (Å²) in [7, 11) is 3.33. The normalized spacial score (nSPS) is 13.9. The molecule has 0 spiro atoms. The van der Waals surface area contributed by atoms with Crippen molar-refractivity contribution in [1.82, 2.24) is 18.7 Å². The average Bonchev–Trinajstić information content (AvgIpc) is 3.09. The van der Waals surface area contributed by atoms with Crippen molar-refractivity contribution in [3.8, 4) is 5.75 Å². The first kappa shape index (κ1) is 19.3. The SMILES string of the molecule is COc1ccc(C)cc1N1CCCn2c1nc1c2c(=O)n(CC(C)C)c(=O)n1C. The van der Waals surface area contributed by atoms with Gasteiger partial charge in [0.1, 0.15) is 5.75 Å². The van der Waals surface area contributed by atoms with E-state index in [0.717, 1.165) is 30.0 Å². The second-order valence-electron chi connectivity index (χ2n) is 8.07. The van der Waals surface area contributed by atoms with Gasteiger partial charge in [0.15, 0.2) is 11.2 Å². The van der Waals surface area contributed by atoms with Crippen molar-refractivity contribution in [1.29, 1.82) is 0 Å². The lowest BCUT2D eigenvalue weighted by Gasteiger charge is -2.30. The van der Waals surface area contributed by atoms with Gasteiger partial charge >= 0.3 is 5.69 Å². The van der Waals surface area contributed by atoms with Crippen LogP contribution in [0.15, 0.2) is 27.8 Å². The van der Waals surface area contributed by atoms with Gasteiger partial charge in [-0.05, 0) is 37.0 Å². The summed E-state index contributed by atoms with van der Waals surface area (Å²) in [5, 5.41) is 0. The number of anilines is 2. The number of imidazole rings is 1. The van der Waals surface area contributed by atoms with Gasteiger partial charge in [-0.25, -0.2) is 4.79 Å². The molecule has 0 N–H and O–H groups in total. The van der Waals surface area contributed by atoms with Crippen LogP contribution < -0.4 is 20.9 Å². The summed E-state index contributed by atoms with van der Waals surface area (Å²) >= 11 is 0. The topological polar surface area (TPSA) is 74.3 Å². The Morgan fingerprint density at radius 1 is 1.21 bits per heavy atom. The number of fused-ring (bicyclic) bond motifs is 3. The lowest BCUT2D eigenvalue weighted by molar-refractivity contribution is 0.414. The standard InChI is InChI=1S/C21H27N5O3/c1-13(2)12-26-19(27)17-18(23(4)21(26)28)22-20-24(9-6-10-25(17)20)15-11-14(3)7-8-16(15)29-5/h7-8,11,13H,6,9-10,12H2,1-5H3. The van der Waals surface area contributed by atoms with E-state index >= 15 is 0 Å². The highest BCUT2D eigenvalue weighted by molar-refractivity contribution is 5.78. The zero-order valence-electron chi connectivity index (χ0n) is 17.6. The summed E-state index contributed by atoms with van der Waals surface area (Å²) in [4.78, 5) is 32.8. The molecular formula is C21H27N5O3. The van der Waals surface area contributed by atoms with Crippen molar-refractivity contribution in [2.45, 2.75) is 40.3 Å².